The molecule has 1 amide bonds. The topological polar surface area (TPSA) is 144 Å². The molecule has 1 N–H and O–H groups in total. The molecule has 13 heteroatoms. The summed E-state index contributed by atoms with van der Waals surface area (Å²) in [4.78, 5) is 50.3. The third-order valence-corrected chi connectivity index (χ3v) is 6.33. The highest BCUT2D eigenvalue weighted by molar-refractivity contribution is 7.99. The number of carbonyl (C=O) groups is 4. The summed E-state index contributed by atoms with van der Waals surface area (Å²) in [5.41, 5.74) is -0.119. The van der Waals surface area contributed by atoms with Gasteiger partial charge in [-0.05, 0) is 24.0 Å². The lowest BCUT2D eigenvalue weighted by Crippen LogP contribution is -2.67. The molecule has 0 aromatic heterocycles. The molecule has 0 saturated carbocycles. The molecule has 5 unspecified atom stereocenters. The lowest BCUT2D eigenvalue weighted by molar-refractivity contribution is -0.249. The Morgan fingerprint density at radius 2 is 1.67 bits per heavy atom. The zero-order valence-corrected chi connectivity index (χ0v) is 21.4. The maximum atomic E-state index is 13.6. The first-order chi connectivity index (χ1) is 17.1. The van der Waals surface area contributed by atoms with Crippen LogP contribution >= 0.6 is 23.4 Å². The molecule has 3 rings (SSSR count). The van der Waals surface area contributed by atoms with Crippen LogP contribution in [0.15, 0.2) is 29.8 Å². The number of ether oxygens (including phenoxy) is 4. The lowest BCUT2D eigenvalue weighted by atomic mass is 9.99. The maximum Gasteiger partial charge on any atom is 0.303 e. The summed E-state index contributed by atoms with van der Waals surface area (Å²) in [6, 6.07) is 8.53. The van der Waals surface area contributed by atoms with Crippen LogP contribution in [0.5, 0.6) is 0 Å². The molecule has 0 radical (unpaired) electrons. The van der Waals surface area contributed by atoms with Gasteiger partial charge in [0, 0.05) is 25.8 Å². The van der Waals surface area contributed by atoms with Crippen molar-refractivity contribution in [2.24, 2.45) is 0 Å². The predicted octanol–water partition coefficient (Wildman–Crippen LogP) is 1.80. The Morgan fingerprint density at radius 1 is 1.08 bits per heavy atom. The number of amides is 1. The molecular formula is C23H24ClN3O8S. The third kappa shape index (κ3) is 5.92. The minimum Gasteiger partial charge on any atom is -0.456 e. The molecule has 1 fully saturated rings. The fourth-order valence-electron chi connectivity index (χ4n) is 3.94. The Hall–Kier alpha value is -3.27. The van der Waals surface area contributed by atoms with Crippen LogP contribution in [0.3, 0.4) is 0 Å². The Kier molecular flexibility index (Phi) is 8.84. The van der Waals surface area contributed by atoms with E-state index in [1.54, 1.807) is 30.5 Å². The van der Waals surface area contributed by atoms with Crippen molar-refractivity contribution in [1.29, 1.82) is 5.26 Å². The molecule has 2 aliphatic rings. The number of nitriles is 1. The highest BCUT2D eigenvalue weighted by Gasteiger charge is 2.53. The van der Waals surface area contributed by atoms with Gasteiger partial charge in [0.1, 0.15) is 11.6 Å². The number of nitrogens with one attached hydrogen (secondary N) is 1. The number of hydrogen-bond donors (Lipinski definition) is 1. The standard InChI is InChI=1S/C23H24ClN3O8S/c1-11(28)33-17-10-32-22(20(35-13(3)30)19(17)34-12(2)29)27-21(31)16(9-25)18(26-23(27)36-4)14-5-7-15(24)8-6-14/h5-8,17,19-20,22-23,26H,10H2,1-4H3. The van der Waals surface area contributed by atoms with Gasteiger partial charge in [-0.1, -0.05) is 23.7 Å². The van der Waals surface area contributed by atoms with Crippen molar-refractivity contribution in [1.82, 2.24) is 10.2 Å². The second-order valence-corrected chi connectivity index (χ2v) is 9.19. The van der Waals surface area contributed by atoms with Crippen LogP contribution in [0, 0.1) is 11.3 Å². The zero-order valence-electron chi connectivity index (χ0n) is 19.8. The van der Waals surface area contributed by atoms with Gasteiger partial charge in [0.05, 0.1) is 12.3 Å². The van der Waals surface area contributed by atoms with E-state index in [9.17, 15) is 24.4 Å². The van der Waals surface area contributed by atoms with Gasteiger partial charge < -0.3 is 24.3 Å². The van der Waals surface area contributed by atoms with E-state index in [-0.39, 0.29) is 12.2 Å². The Balaban J connectivity index is 2.06. The quantitative estimate of drug-likeness (QED) is 0.419. The van der Waals surface area contributed by atoms with Crippen LogP contribution in [0.25, 0.3) is 5.70 Å². The molecule has 1 aromatic carbocycles. The summed E-state index contributed by atoms with van der Waals surface area (Å²) >= 11 is 7.20. The van der Waals surface area contributed by atoms with E-state index in [2.05, 4.69) is 5.32 Å². The molecule has 1 aromatic rings. The van der Waals surface area contributed by atoms with Crippen LogP contribution in [0.2, 0.25) is 5.02 Å². The molecule has 1 saturated heterocycles. The normalized spacial score (nSPS) is 25.9. The largest absolute Gasteiger partial charge is 0.456 e. The fourth-order valence-corrected chi connectivity index (χ4v) is 4.74. The first kappa shape index (κ1) is 27.3. The number of benzene rings is 1. The van der Waals surface area contributed by atoms with Crippen LogP contribution in [-0.4, -0.2) is 71.6 Å². The molecule has 0 bridgehead atoms. The minimum absolute atomic E-state index is 0.209. The second-order valence-electron chi connectivity index (χ2n) is 7.83. The van der Waals surface area contributed by atoms with E-state index in [0.29, 0.717) is 16.3 Å². The summed E-state index contributed by atoms with van der Waals surface area (Å²) in [7, 11) is 0. The molecule has 5 atom stereocenters. The highest BCUT2D eigenvalue weighted by Crippen LogP contribution is 2.34. The number of nitrogens with zero attached hydrogens (tertiary/aromatic N) is 2. The molecule has 36 heavy (non-hydrogen) atoms. The Bertz CT molecular complexity index is 1120. The number of thioether (sulfide) groups is 1. The molecule has 0 aliphatic carbocycles. The summed E-state index contributed by atoms with van der Waals surface area (Å²) in [6.45, 7) is 3.19. The summed E-state index contributed by atoms with van der Waals surface area (Å²) < 4.78 is 21.9. The van der Waals surface area contributed by atoms with Crippen molar-refractivity contribution in [2.45, 2.75) is 50.8 Å². The molecule has 192 valence electrons. The zero-order chi connectivity index (χ0) is 26.6. The van der Waals surface area contributed by atoms with Gasteiger partial charge in [-0.2, -0.15) is 5.26 Å². The summed E-state index contributed by atoms with van der Waals surface area (Å²) in [6.07, 6.45) is -3.27. The average Bonchev–Trinajstić information content (AvgIpc) is 2.80. The van der Waals surface area contributed by atoms with E-state index in [4.69, 9.17) is 30.5 Å². The Morgan fingerprint density at radius 3 is 2.19 bits per heavy atom. The number of rotatable bonds is 6. The van der Waals surface area contributed by atoms with Gasteiger partial charge in [0.2, 0.25) is 0 Å². The molecule has 0 spiro atoms. The van der Waals surface area contributed by atoms with Gasteiger partial charge >= 0.3 is 17.9 Å². The minimum atomic E-state index is -1.36. The molecule has 11 nitrogen and oxygen atoms in total. The summed E-state index contributed by atoms with van der Waals surface area (Å²) in [5.74, 6) is -2.83. The van der Waals surface area contributed by atoms with Crippen molar-refractivity contribution in [2.75, 3.05) is 12.9 Å². The van der Waals surface area contributed by atoms with Crippen LogP contribution in [-0.2, 0) is 38.1 Å². The number of hydrogen-bond acceptors (Lipinski definition) is 11. The second kappa shape index (κ2) is 11.6. The molecule has 2 heterocycles. The van der Waals surface area contributed by atoms with Gasteiger partial charge in [-0.15, -0.1) is 11.8 Å². The van der Waals surface area contributed by atoms with Gasteiger partial charge in [-0.25, -0.2) is 0 Å². The van der Waals surface area contributed by atoms with Crippen molar-refractivity contribution >= 4 is 52.9 Å². The van der Waals surface area contributed by atoms with Crippen LogP contribution < -0.4 is 5.32 Å². The molecule has 2 aliphatic heterocycles. The lowest BCUT2D eigenvalue weighted by Gasteiger charge is -2.48. The first-order valence-corrected chi connectivity index (χ1v) is 12.4. The van der Waals surface area contributed by atoms with Crippen molar-refractivity contribution in [3.8, 4) is 6.07 Å². The SMILES string of the molecule is CSC1NC(c2ccc(Cl)cc2)=C(C#N)C(=O)N1C1OCC(OC(C)=O)C(OC(C)=O)C1OC(C)=O. The monoisotopic (exact) mass is 537 g/mol. The number of carbonyl (C=O) groups excluding carboxylic acids is 4. The fraction of sp³-hybridized carbons (Fsp3) is 0.435. The van der Waals surface area contributed by atoms with Crippen molar-refractivity contribution in [3.63, 3.8) is 0 Å². The highest BCUT2D eigenvalue weighted by atomic mass is 35.5. The average molecular weight is 538 g/mol. The van der Waals surface area contributed by atoms with Crippen LogP contribution in [0.4, 0.5) is 0 Å². The first-order valence-electron chi connectivity index (χ1n) is 10.7. The van der Waals surface area contributed by atoms with E-state index in [0.717, 1.165) is 13.8 Å². The maximum absolute atomic E-state index is 13.6. The van der Waals surface area contributed by atoms with E-state index in [1.807, 2.05) is 6.07 Å². The van der Waals surface area contributed by atoms with Crippen molar-refractivity contribution in [3.05, 3.63) is 40.4 Å². The van der Waals surface area contributed by atoms with Gasteiger partial charge in [0.25, 0.3) is 5.91 Å². The number of esters is 3. The van der Waals surface area contributed by atoms with E-state index >= 15 is 0 Å². The van der Waals surface area contributed by atoms with Gasteiger partial charge in [0.15, 0.2) is 30.0 Å². The predicted molar refractivity (Wildman–Crippen MR) is 128 cm³/mol. The van der Waals surface area contributed by atoms with Gasteiger partial charge in [-0.3, -0.25) is 24.1 Å². The number of halogens is 1. The third-order valence-electron chi connectivity index (χ3n) is 5.28. The Labute approximate surface area is 216 Å². The van der Waals surface area contributed by atoms with E-state index in [1.165, 1.54) is 23.6 Å². The van der Waals surface area contributed by atoms with E-state index < -0.39 is 53.9 Å². The molecular weight excluding hydrogens is 514 g/mol. The summed E-state index contributed by atoms with van der Waals surface area (Å²) in [5, 5.41) is 13.5. The van der Waals surface area contributed by atoms with Crippen molar-refractivity contribution < 1.29 is 38.1 Å². The smallest absolute Gasteiger partial charge is 0.303 e. The van der Waals surface area contributed by atoms with Crippen LogP contribution in [0.1, 0.15) is 26.3 Å².